The average Bonchev–Trinajstić information content (AvgIpc) is 1.59. The van der Waals surface area contributed by atoms with Gasteiger partial charge < -0.3 is 19.1 Å². The van der Waals surface area contributed by atoms with Gasteiger partial charge in [0.05, 0.1) is 44.8 Å². The van der Waals surface area contributed by atoms with E-state index in [4.69, 9.17) is 9.72 Å². The molecule has 13 rings (SSSR count). The van der Waals surface area contributed by atoms with E-state index in [1.54, 1.807) is 0 Å². The molecule has 9 aromatic carbocycles. The number of hydrogen-bond acceptors (Lipinski definition) is 4. The predicted molar refractivity (Wildman–Crippen MR) is 347 cm³/mol. The monoisotopic (exact) mass is 1110 g/mol. The molecular formula is C76H71F2N5O. The van der Waals surface area contributed by atoms with Crippen molar-refractivity contribution in [1.82, 2.24) is 14.1 Å². The van der Waals surface area contributed by atoms with Crippen molar-refractivity contribution in [2.45, 2.75) is 105 Å². The maximum Gasteiger partial charge on any atom is 0.137 e. The van der Waals surface area contributed by atoms with Gasteiger partial charge in [-0.2, -0.15) is 0 Å². The lowest BCUT2D eigenvalue weighted by Gasteiger charge is -2.32. The molecule has 1 aliphatic heterocycles. The summed E-state index contributed by atoms with van der Waals surface area (Å²) in [7, 11) is 0. The second kappa shape index (κ2) is 19.8. The Labute approximate surface area is 492 Å². The van der Waals surface area contributed by atoms with Gasteiger partial charge in [-0.3, -0.25) is 4.57 Å². The zero-order valence-corrected chi connectivity index (χ0v) is 50.2. The third-order valence-corrected chi connectivity index (χ3v) is 16.9. The molecule has 0 amide bonds. The average molecular weight is 1110 g/mol. The molecule has 84 heavy (non-hydrogen) atoms. The Kier molecular flexibility index (Phi) is 12.8. The Morgan fingerprint density at radius 3 is 1.42 bits per heavy atom. The van der Waals surface area contributed by atoms with Crippen molar-refractivity contribution in [2.75, 3.05) is 16.5 Å². The largest absolute Gasteiger partial charge is 0.457 e. The van der Waals surface area contributed by atoms with Crippen LogP contribution in [-0.4, -0.2) is 20.8 Å². The number of nitrogens with zero attached hydrogens (tertiary/aromatic N) is 5. The number of aromatic nitrogens is 3. The highest BCUT2D eigenvalue weighted by molar-refractivity contribution is 6.11. The fourth-order valence-corrected chi connectivity index (χ4v) is 12.3. The smallest absolute Gasteiger partial charge is 0.137 e. The first-order valence-electron chi connectivity index (χ1n) is 29.2. The summed E-state index contributed by atoms with van der Waals surface area (Å²) in [4.78, 5) is 9.66. The van der Waals surface area contributed by atoms with Gasteiger partial charge in [0.2, 0.25) is 0 Å². The first-order valence-corrected chi connectivity index (χ1v) is 29.2. The van der Waals surface area contributed by atoms with Crippen molar-refractivity contribution >= 4 is 66.4 Å². The van der Waals surface area contributed by atoms with Crippen molar-refractivity contribution in [1.29, 1.82) is 0 Å². The fourth-order valence-electron chi connectivity index (χ4n) is 12.3. The molecule has 3 aromatic heterocycles. The minimum Gasteiger partial charge on any atom is -0.457 e. The van der Waals surface area contributed by atoms with Gasteiger partial charge in [0.1, 0.15) is 35.6 Å². The number of pyridine rings is 1. The van der Waals surface area contributed by atoms with Crippen LogP contribution in [0, 0.1) is 11.6 Å². The van der Waals surface area contributed by atoms with Crippen molar-refractivity contribution in [2.24, 2.45) is 0 Å². The summed E-state index contributed by atoms with van der Waals surface area (Å²) in [6, 6.07) is 66.7. The molecule has 0 radical (unpaired) electrons. The number of anilines is 4. The van der Waals surface area contributed by atoms with Gasteiger partial charge in [-0.25, -0.2) is 13.8 Å². The lowest BCUT2D eigenvalue weighted by molar-refractivity contribution is 0.483. The molecule has 0 saturated heterocycles. The van der Waals surface area contributed by atoms with Gasteiger partial charge in [-0.1, -0.05) is 168 Å². The molecule has 0 N–H and O–H groups in total. The van der Waals surface area contributed by atoms with Crippen LogP contribution >= 0.6 is 0 Å². The molecule has 0 atom stereocenters. The van der Waals surface area contributed by atoms with E-state index in [2.05, 4.69) is 278 Å². The molecule has 1 aliphatic rings. The van der Waals surface area contributed by atoms with E-state index in [1.807, 2.05) is 6.20 Å². The van der Waals surface area contributed by atoms with Crippen LogP contribution in [0.2, 0.25) is 0 Å². The van der Waals surface area contributed by atoms with Crippen LogP contribution < -0.4 is 14.5 Å². The van der Waals surface area contributed by atoms with Crippen LogP contribution in [-0.2, 0) is 21.7 Å². The van der Waals surface area contributed by atoms with E-state index >= 15 is 8.78 Å². The summed E-state index contributed by atoms with van der Waals surface area (Å²) in [5.41, 5.74) is 15.9. The van der Waals surface area contributed by atoms with E-state index in [0.29, 0.717) is 23.7 Å². The first kappa shape index (κ1) is 54.3. The summed E-state index contributed by atoms with van der Waals surface area (Å²) in [5, 5.41) is 4.54. The number of hydrogen-bond donors (Lipinski definition) is 0. The van der Waals surface area contributed by atoms with Crippen LogP contribution in [0.1, 0.15) is 105 Å². The Hall–Kier alpha value is -9.01. The maximum absolute atomic E-state index is 15.8. The predicted octanol–water partition coefficient (Wildman–Crippen LogP) is 21.1. The third kappa shape index (κ3) is 9.65. The lowest BCUT2D eigenvalue weighted by Crippen LogP contribution is -2.25. The number of benzene rings is 9. The molecule has 0 saturated carbocycles. The van der Waals surface area contributed by atoms with Crippen molar-refractivity contribution < 1.29 is 13.5 Å². The molecule has 0 aliphatic carbocycles. The van der Waals surface area contributed by atoms with Gasteiger partial charge in [0.25, 0.3) is 0 Å². The van der Waals surface area contributed by atoms with Crippen LogP contribution in [0.5, 0.6) is 11.5 Å². The summed E-state index contributed by atoms with van der Waals surface area (Å²) in [6.45, 7) is 27.2. The highest BCUT2D eigenvalue weighted by Crippen LogP contribution is 2.53. The van der Waals surface area contributed by atoms with Crippen LogP contribution in [0.15, 0.2) is 200 Å². The molecule has 12 aromatic rings. The fraction of sp³-hybridized carbons (Fsp3) is 0.224. The highest BCUT2D eigenvalue weighted by atomic mass is 19.1. The zero-order chi connectivity index (χ0) is 58.8. The number of ether oxygens (including phenoxy) is 1. The zero-order valence-electron chi connectivity index (χ0n) is 50.2. The SMILES string of the molecule is CC(C)(C)c1cc(-c2cc(C(C)(C)C)cc(-c3cc(F)cc(F)c3)c2N2CN(c3cc(Oc4ccc5c6ccccc6n(-c6cc(C(C)(C)C)ccn6)c5c4)cc(-n4c5ccccc5c5ccccc54)c3)c3ccccc32)cc(C(C)(C)C)c1. The third-order valence-electron chi connectivity index (χ3n) is 16.9. The van der Waals surface area contributed by atoms with E-state index in [1.165, 1.54) is 28.8 Å². The van der Waals surface area contributed by atoms with Crippen LogP contribution in [0.25, 0.3) is 77.4 Å². The molecule has 420 valence electrons. The van der Waals surface area contributed by atoms with Crippen molar-refractivity contribution in [3.8, 4) is 45.3 Å². The summed E-state index contributed by atoms with van der Waals surface area (Å²) >= 11 is 0. The number of fused-ring (bicyclic) bond motifs is 7. The minimum atomic E-state index is -0.631. The molecule has 0 spiro atoms. The molecular weight excluding hydrogens is 1040 g/mol. The summed E-state index contributed by atoms with van der Waals surface area (Å²) < 4.78 is 43.5. The molecule has 4 heterocycles. The van der Waals surface area contributed by atoms with E-state index in [0.717, 1.165) is 106 Å². The quantitative estimate of drug-likeness (QED) is 0.152. The second-order valence-corrected chi connectivity index (χ2v) is 27.0. The number of halogens is 2. The minimum absolute atomic E-state index is 0.0763. The van der Waals surface area contributed by atoms with Crippen molar-refractivity contribution in [3.05, 3.63) is 234 Å². The molecule has 0 fully saturated rings. The number of para-hydroxylation sites is 5. The lowest BCUT2D eigenvalue weighted by atomic mass is 9.77. The molecule has 0 unspecified atom stereocenters. The molecule has 0 bridgehead atoms. The van der Waals surface area contributed by atoms with Gasteiger partial charge in [0.15, 0.2) is 0 Å². The highest BCUT2D eigenvalue weighted by Gasteiger charge is 2.35. The van der Waals surface area contributed by atoms with Gasteiger partial charge >= 0.3 is 0 Å². The first-order chi connectivity index (χ1) is 40.0. The topological polar surface area (TPSA) is 38.5 Å². The molecule has 8 heteroatoms. The maximum atomic E-state index is 15.8. The van der Waals surface area contributed by atoms with Gasteiger partial charge in [-0.05, 0) is 140 Å². The second-order valence-electron chi connectivity index (χ2n) is 27.0. The van der Waals surface area contributed by atoms with E-state index < -0.39 is 11.6 Å². The Bertz CT molecular complexity index is 4490. The Balaban J connectivity index is 1.03. The summed E-state index contributed by atoms with van der Waals surface area (Å²) in [6.07, 6.45) is 1.91. The van der Waals surface area contributed by atoms with Gasteiger partial charge in [0, 0.05) is 68.8 Å². The Morgan fingerprint density at radius 1 is 0.381 bits per heavy atom. The van der Waals surface area contributed by atoms with E-state index in [-0.39, 0.29) is 21.7 Å². The van der Waals surface area contributed by atoms with Crippen molar-refractivity contribution in [3.63, 3.8) is 0 Å². The summed E-state index contributed by atoms with van der Waals surface area (Å²) in [5.74, 6) is 0.906. The normalized spacial score (nSPS) is 13.3. The van der Waals surface area contributed by atoms with E-state index in [9.17, 15) is 0 Å². The standard InChI is InChI=1S/C76H71F2N5O/c1-73(2,3)49-31-32-79-71(40-49)83-67-26-18-15-23-61(67)62-30-29-57(45-70(62)83)84-58-43-55(42-56(44-58)82-65-24-16-13-21-59(65)60-22-14-17-25-66(60)82)80-46-81(69-28-20-19-27-68(69)80)72-63(47-33-50(74(4,5)6)37-51(34-47)75(7,8)9)38-52(76(10,11)12)39-64(72)48-35-53(77)41-54(78)36-48/h13-45H,46H2,1-12H3. The number of rotatable bonds is 8. The van der Waals surface area contributed by atoms with Gasteiger partial charge in [-0.15, -0.1) is 0 Å². The van der Waals surface area contributed by atoms with Crippen LogP contribution in [0.4, 0.5) is 31.5 Å². The molecule has 6 nitrogen and oxygen atoms in total. The Morgan fingerprint density at radius 2 is 0.857 bits per heavy atom. The van der Waals surface area contributed by atoms with Crippen LogP contribution in [0.3, 0.4) is 0 Å².